The molecular formula is C13H19Cl3N2OS. The van der Waals surface area contributed by atoms with Crippen LogP contribution in [0, 0.1) is 0 Å². The molecule has 114 valence electrons. The largest absolute Gasteiger partial charge is 0.354 e. The number of nitrogens with one attached hydrogen (secondary N) is 1. The van der Waals surface area contributed by atoms with Crippen molar-refractivity contribution in [3.8, 4) is 0 Å². The summed E-state index contributed by atoms with van der Waals surface area (Å²) in [5.41, 5.74) is 6.37. The number of carbonyl (C=O) groups excluding carboxylic acids is 1. The molecule has 3 nitrogen and oxygen atoms in total. The highest BCUT2D eigenvalue weighted by atomic mass is 35.5. The first-order valence-corrected chi connectivity index (χ1v) is 7.76. The minimum atomic E-state index is -0.389. The third kappa shape index (κ3) is 8.22. The molecule has 3 N–H and O–H groups in total. The van der Waals surface area contributed by atoms with E-state index in [-0.39, 0.29) is 23.9 Å². The molecule has 0 radical (unpaired) electrons. The lowest BCUT2D eigenvalue weighted by Gasteiger charge is -2.18. The van der Waals surface area contributed by atoms with Gasteiger partial charge in [-0.2, -0.15) is 0 Å². The number of benzene rings is 1. The summed E-state index contributed by atoms with van der Waals surface area (Å²) in [7, 11) is 0. The van der Waals surface area contributed by atoms with Crippen molar-refractivity contribution in [2.45, 2.75) is 25.1 Å². The van der Waals surface area contributed by atoms with E-state index in [1.165, 1.54) is 11.8 Å². The van der Waals surface area contributed by atoms with E-state index in [4.69, 9.17) is 28.9 Å². The molecule has 0 aliphatic heterocycles. The fourth-order valence-corrected chi connectivity index (χ4v) is 2.69. The zero-order chi connectivity index (χ0) is 14.5. The van der Waals surface area contributed by atoms with Gasteiger partial charge in [-0.1, -0.05) is 29.3 Å². The Morgan fingerprint density at radius 2 is 2.05 bits per heavy atom. The second-order valence-electron chi connectivity index (χ2n) is 4.99. The van der Waals surface area contributed by atoms with Crippen molar-refractivity contribution in [1.82, 2.24) is 5.32 Å². The molecule has 0 fully saturated rings. The van der Waals surface area contributed by atoms with Gasteiger partial charge in [-0.3, -0.25) is 4.79 Å². The monoisotopic (exact) mass is 356 g/mol. The zero-order valence-corrected chi connectivity index (χ0v) is 14.6. The van der Waals surface area contributed by atoms with Crippen molar-refractivity contribution < 1.29 is 4.79 Å². The lowest BCUT2D eigenvalue weighted by Crippen LogP contribution is -2.45. The molecule has 0 aromatic heterocycles. The Balaban J connectivity index is 0.00000361. The first-order valence-electron chi connectivity index (χ1n) is 5.85. The Morgan fingerprint density at radius 3 is 2.60 bits per heavy atom. The van der Waals surface area contributed by atoms with Crippen LogP contribution < -0.4 is 11.1 Å². The number of nitrogens with two attached hydrogens (primary N) is 1. The topological polar surface area (TPSA) is 55.1 Å². The Kier molecular flexibility index (Phi) is 8.95. The van der Waals surface area contributed by atoms with Gasteiger partial charge in [0.1, 0.15) is 0 Å². The van der Waals surface area contributed by atoms with Crippen LogP contribution in [0.1, 0.15) is 19.4 Å². The second kappa shape index (κ2) is 9.00. The number of carbonyl (C=O) groups is 1. The van der Waals surface area contributed by atoms with E-state index in [0.29, 0.717) is 28.1 Å². The second-order valence-corrected chi connectivity index (χ2v) is 6.82. The maximum Gasteiger partial charge on any atom is 0.230 e. The normalized spacial score (nSPS) is 10.8. The SMILES string of the molecule is CC(C)(N)CNC(=O)CSCc1ccc(Cl)cc1Cl.Cl. The first-order chi connectivity index (χ1) is 8.78. The molecule has 0 bridgehead atoms. The maximum atomic E-state index is 11.6. The van der Waals surface area contributed by atoms with Gasteiger partial charge in [-0.15, -0.1) is 24.2 Å². The van der Waals surface area contributed by atoms with Crippen LogP contribution in [0.5, 0.6) is 0 Å². The van der Waals surface area contributed by atoms with Crippen LogP contribution in [0.2, 0.25) is 10.0 Å². The molecule has 0 aliphatic rings. The molecule has 0 saturated heterocycles. The van der Waals surface area contributed by atoms with Crippen molar-refractivity contribution in [3.63, 3.8) is 0 Å². The molecule has 1 amide bonds. The van der Waals surface area contributed by atoms with Gasteiger partial charge in [0.05, 0.1) is 5.75 Å². The van der Waals surface area contributed by atoms with E-state index in [9.17, 15) is 4.79 Å². The van der Waals surface area contributed by atoms with E-state index in [1.807, 2.05) is 19.9 Å². The average molecular weight is 358 g/mol. The van der Waals surface area contributed by atoms with Crippen LogP contribution in [0.15, 0.2) is 18.2 Å². The van der Waals surface area contributed by atoms with Gasteiger partial charge in [0.25, 0.3) is 0 Å². The number of hydrogen-bond acceptors (Lipinski definition) is 3. The first kappa shape index (κ1) is 19.9. The van der Waals surface area contributed by atoms with Gasteiger partial charge in [-0.25, -0.2) is 0 Å². The minimum absolute atomic E-state index is 0. The van der Waals surface area contributed by atoms with Gasteiger partial charge in [0.15, 0.2) is 0 Å². The van der Waals surface area contributed by atoms with Crippen LogP contribution in [-0.2, 0) is 10.5 Å². The fraction of sp³-hybridized carbons (Fsp3) is 0.462. The maximum absolute atomic E-state index is 11.6. The van der Waals surface area contributed by atoms with Gasteiger partial charge in [0, 0.05) is 27.9 Å². The van der Waals surface area contributed by atoms with E-state index in [2.05, 4.69) is 5.32 Å². The highest BCUT2D eigenvalue weighted by Crippen LogP contribution is 2.24. The average Bonchev–Trinajstić information content (AvgIpc) is 2.28. The minimum Gasteiger partial charge on any atom is -0.354 e. The van der Waals surface area contributed by atoms with Gasteiger partial charge in [-0.05, 0) is 31.5 Å². The Labute approximate surface area is 140 Å². The summed E-state index contributed by atoms with van der Waals surface area (Å²) in [6, 6.07) is 5.37. The molecule has 0 spiro atoms. The number of hydrogen-bond donors (Lipinski definition) is 2. The van der Waals surface area contributed by atoms with Crippen molar-refractivity contribution in [2.24, 2.45) is 5.73 Å². The number of rotatable bonds is 6. The number of halogens is 3. The molecule has 0 aliphatic carbocycles. The molecule has 0 saturated carbocycles. The highest BCUT2D eigenvalue weighted by Gasteiger charge is 2.12. The van der Waals surface area contributed by atoms with Crippen LogP contribution in [0.25, 0.3) is 0 Å². The Bertz CT molecular complexity index is 450. The van der Waals surface area contributed by atoms with Crippen LogP contribution >= 0.6 is 47.4 Å². The third-order valence-electron chi connectivity index (χ3n) is 2.25. The summed E-state index contributed by atoms with van der Waals surface area (Å²) in [6.45, 7) is 4.20. The van der Waals surface area contributed by atoms with Crippen molar-refractivity contribution >= 4 is 53.3 Å². The number of thioether (sulfide) groups is 1. The van der Waals surface area contributed by atoms with Crippen LogP contribution in [-0.4, -0.2) is 23.7 Å². The molecule has 0 unspecified atom stereocenters. The van der Waals surface area contributed by atoms with E-state index >= 15 is 0 Å². The molecule has 1 rings (SSSR count). The van der Waals surface area contributed by atoms with E-state index < -0.39 is 0 Å². The standard InChI is InChI=1S/C13H18Cl2N2OS.ClH/c1-13(2,16)8-17-12(18)7-19-6-9-3-4-10(14)5-11(9)15;/h3-5H,6-8,16H2,1-2H3,(H,17,18);1H. The quantitative estimate of drug-likeness (QED) is 0.819. The fourth-order valence-electron chi connectivity index (χ4n) is 1.27. The number of amides is 1. The molecule has 1 aromatic rings. The summed E-state index contributed by atoms with van der Waals surface area (Å²) in [5.74, 6) is 1.04. The summed E-state index contributed by atoms with van der Waals surface area (Å²) in [4.78, 5) is 11.6. The predicted molar refractivity (Wildman–Crippen MR) is 91.1 cm³/mol. The van der Waals surface area contributed by atoms with Gasteiger partial charge >= 0.3 is 0 Å². The highest BCUT2D eigenvalue weighted by molar-refractivity contribution is 7.99. The smallest absolute Gasteiger partial charge is 0.230 e. The van der Waals surface area contributed by atoms with E-state index in [0.717, 1.165) is 5.56 Å². The lowest BCUT2D eigenvalue weighted by molar-refractivity contribution is -0.118. The molecule has 0 atom stereocenters. The summed E-state index contributed by atoms with van der Waals surface area (Å²) in [5, 5.41) is 4.03. The van der Waals surface area contributed by atoms with Crippen molar-refractivity contribution in [2.75, 3.05) is 12.3 Å². The molecular weight excluding hydrogens is 339 g/mol. The van der Waals surface area contributed by atoms with E-state index in [1.54, 1.807) is 12.1 Å². The van der Waals surface area contributed by atoms with Gasteiger partial charge < -0.3 is 11.1 Å². The molecule has 0 heterocycles. The Hall–Kier alpha value is -0.130. The zero-order valence-electron chi connectivity index (χ0n) is 11.4. The van der Waals surface area contributed by atoms with Crippen LogP contribution in [0.3, 0.4) is 0 Å². The van der Waals surface area contributed by atoms with Gasteiger partial charge in [0.2, 0.25) is 5.91 Å². The summed E-state index contributed by atoms with van der Waals surface area (Å²) >= 11 is 13.4. The summed E-state index contributed by atoms with van der Waals surface area (Å²) in [6.07, 6.45) is 0. The van der Waals surface area contributed by atoms with Crippen molar-refractivity contribution in [1.29, 1.82) is 0 Å². The Morgan fingerprint density at radius 1 is 1.40 bits per heavy atom. The third-order valence-corrected chi connectivity index (χ3v) is 3.82. The van der Waals surface area contributed by atoms with Crippen molar-refractivity contribution in [3.05, 3.63) is 33.8 Å². The molecule has 20 heavy (non-hydrogen) atoms. The summed E-state index contributed by atoms with van der Waals surface area (Å²) < 4.78 is 0. The lowest BCUT2D eigenvalue weighted by atomic mass is 10.1. The predicted octanol–water partition coefficient (Wildman–Crippen LogP) is 3.50. The molecule has 7 heteroatoms. The van der Waals surface area contributed by atoms with Crippen LogP contribution in [0.4, 0.5) is 0 Å². The molecule has 1 aromatic carbocycles.